The molecule has 0 aliphatic heterocycles. The Labute approximate surface area is 84.7 Å². The molecule has 5 heteroatoms. The average molecular weight is 218 g/mol. The largest absolute Gasteiger partial charge is 0.490 e. The van der Waals surface area contributed by atoms with E-state index in [0.29, 0.717) is 5.56 Å². The lowest BCUT2D eigenvalue weighted by Crippen LogP contribution is -2.26. The summed E-state index contributed by atoms with van der Waals surface area (Å²) in [4.78, 5) is 10.5. The zero-order chi connectivity index (χ0) is 11.5. The monoisotopic (exact) mass is 218 g/mol. The Morgan fingerprint density at radius 1 is 1.27 bits per heavy atom. The van der Waals surface area contributed by atoms with Crippen molar-refractivity contribution in [1.29, 1.82) is 0 Å². The highest BCUT2D eigenvalue weighted by Gasteiger charge is 2.41. The van der Waals surface area contributed by atoms with Crippen LogP contribution in [0.2, 0.25) is 0 Å². The minimum absolute atomic E-state index is 0.523. The molecule has 0 aliphatic carbocycles. The van der Waals surface area contributed by atoms with Crippen LogP contribution in [0.3, 0.4) is 0 Å². The van der Waals surface area contributed by atoms with Crippen LogP contribution in [0.5, 0.6) is 0 Å². The SMILES string of the molecule is CC(OC(=O)C(F)(F)F)c1ccccc1. The number of carbonyl (C=O) groups excluding carboxylic acids is 1. The van der Waals surface area contributed by atoms with E-state index in [4.69, 9.17) is 0 Å². The van der Waals surface area contributed by atoms with Gasteiger partial charge in [0.2, 0.25) is 0 Å². The molecule has 15 heavy (non-hydrogen) atoms. The number of hydrogen-bond acceptors (Lipinski definition) is 2. The Hall–Kier alpha value is -1.52. The van der Waals surface area contributed by atoms with Gasteiger partial charge in [0, 0.05) is 0 Å². The van der Waals surface area contributed by atoms with Crippen molar-refractivity contribution in [2.75, 3.05) is 0 Å². The third-order valence-corrected chi connectivity index (χ3v) is 1.78. The van der Waals surface area contributed by atoms with E-state index in [1.54, 1.807) is 30.3 Å². The second-order valence-electron chi connectivity index (χ2n) is 2.96. The first kappa shape index (κ1) is 11.6. The van der Waals surface area contributed by atoms with E-state index >= 15 is 0 Å². The van der Waals surface area contributed by atoms with Gasteiger partial charge in [0.1, 0.15) is 6.10 Å². The number of hydrogen-bond donors (Lipinski definition) is 0. The fourth-order valence-corrected chi connectivity index (χ4v) is 1.02. The minimum Gasteiger partial charge on any atom is -0.451 e. The highest BCUT2D eigenvalue weighted by Crippen LogP contribution is 2.23. The Morgan fingerprint density at radius 2 is 1.80 bits per heavy atom. The summed E-state index contributed by atoms with van der Waals surface area (Å²) in [6.45, 7) is 1.39. The van der Waals surface area contributed by atoms with Crippen LogP contribution in [0.15, 0.2) is 30.3 Å². The lowest BCUT2D eigenvalue weighted by Gasteiger charge is -2.14. The quantitative estimate of drug-likeness (QED) is 0.713. The van der Waals surface area contributed by atoms with Gasteiger partial charge in [-0.15, -0.1) is 0 Å². The molecule has 1 atom stereocenters. The number of halogens is 3. The van der Waals surface area contributed by atoms with E-state index in [0.717, 1.165) is 0 Å². The fourth-order valence-electron chi connectivity index (χ4n) is 1.02. The summed E-state index contributed by atoms with van der Waals surface area (Å²) < 4.78 is 39.8. The van der Waals surface area contributed by atoms with Crippen LogP contribution in [0.4, 0.5) is 13.2 Å². The number of rotatable bonds is 2. The van der Waals surface area contributed by atoms with Crippen LogP contribution in [-0.2, 0) is 9.53 Å². The number of carbonyl (C=O) groups is 1. The van der Waals surface area contributed by atoms with E-state index in [1.165, 1.54) is 6.92 Å². The van der Waals surface area contributed by atoms with Crippen LogP contribution < -0.4 is 0 Å². The number of ether oxygens (including phenoxy) is 1. The second kappa shape index (κ2) is 4.33. The molecule has 0 saturated carbocycles. The first-order valence-corrected chi connectivity index (χ1v) is 4.24. The first-order chi connectivity index (χ1) is 6.91. The summed E-state index contributed by atoms with van der Waals surface area (Å²) >= 11 is 0. The van der Waals surface area contributed by atoms with Crippen molar-refractivity contribution in [3.05, 3.63) is 35.9 Å². The lowest BCUT2D eigenvalue weighted by atomic mass is 10.1. The Balaban J connectivity index is 2.65. The van der Waals surface area contributed by atoms with Gasteiger partial charge in [-0.3, -0.25) is 0 Å². The van der Waals surface area contributed by atoms with Gasteiger partial charge >= 0.3 is 12.1 Å². The van der Waals surface area contributed by atoms with E-state index in [1.807, 2.05) is 0 Å². The normalized spacial score (nSPS) is 13.3. The molecule has 82 valence electrons. The predicted octanol–water partition coefficient (Wildman–Crippen LogP) is 2.85. The second-order valence-corrected chi connectivity index (χ2v) is 2.96. The van der Waals surface area contributed by atoms with Crippen LogP contribution in [-0.4, -0.2) is 12.1 Å². The third-order valence-electron chi connectivity index (χ3n) is 1.78. The van der Waals surface area contributed by atoms with Crippen molar-refractivity contribution in [3.8, 4) is 0 Å². The standard InChI is InChI=1S/C10H9F3O2/c1-7(8-5-3-2-4-6-8)15-9(14)10(11,12)13/h2-7H,1H3. The van der Waals surface area contributed by atoms with Crippen molar-refractivity contribution >= 4 is 5.97 Å². The minimum atomic E-state index is -4.94. The third kappa shape index (κ3) is 3.27. The lowest BCUT2D eigenvalue weighted by molar-refractivity contribution is -0.204. The van der Waals surface area contributed by atoms with Crippen molar-refractivity contribution < 1.29 is 22.7 Å². The van der Waals surface area contributed by atoms with Gasteiger partial charge in [-0.25, -0.2) is 4.79 Å². The molecule has 1 unspecified atom stereocenters. The summed E-state index contributed by atoms with van der Waals surface area (Å²) in [5.41, 5.74) is 0.523. The molecule has 0 aromatic heterocycles. The molecule has 0 aliphatic rings. The predicted molar refractivity (Wildman–Crippen MR) is 47.0 cm³/mol. The van der Waals surface area contributed by atoms with E-state index in [2.05, 4.69) is 4.74 Å². The van der Waals surface area contributed by atoms with Gasteiger partial charge in [0.05, 0.1) is 0 Å². The molecule has 1 aromatic rings. The smallest absolute Gasteiger partial charge is 0.451 e. The maximum Gasteiger partial charge on any atom is 0.490 e. The summed E-state index contributed by atoms with van der Waals surface area (Å²) in [5.74, 6) is -2.17. The van der Waals surface area contributed by atoms with Crippen molar-refractivity contribution in [1.82, 2.24) is 0 Å². The summed E-state index contributed by atoms with van der Waals surface area (Å²) in [7, 11) is 0. The fraction of sp³-hybridized carbons (Fsp3) is 0.300. The number of alkyl halides is 3. The van der Waals surface area contributed by atoms with Crippen LogP contribution in [0, 0.1) is 0 Å². The van der Waals surface area contributed by atoms with E-state index in [9.17, 15) is 18.0 Å². The molecular weight excluding hydrogens is 209 g/mol. The van der Waals surface area contributed by atoms with Crippen LogP contribution in [0.1, 0.15) is 18.6 Å². The van der Waals surface area contributed by atoms with Gasteiger partial charge in [0.15, 0.2) is 0 Å². The topological polar surface area (TPSA) is 26.3 Å². The molecule has 2 nitrogen and oxygen atoms in total. The maximum absolute atomic E-state index is 11.9. The van der Waals surface area contributed by atoms with E-state index in [-0.39, 0.29) is 0 Å². The summed E-state index contributed by atoms with van der Waals surface area (Å²) in [6.07, 6.45) is -5.84. The molecule has 0 heterocycles. The van der Waals surface area contributed by atoms with Crippen molar-refractivity contribution in [2.45, 2.75) is 19.2 Å². The zero-order valence-electron chi connectivity index (χ0n) is 7.91. The van der Waals surface area contributed by atoms with Gasteiger partial charge < -0.3 is 4.74 Å². The Bertz CT molecular complexity index is 332. The van der Waals surface area contributed by atoms with Gasteiger partial charge in [-0.2, -0.15) is 13.2 Å². The first-order valence-electron chi connectivity index (χ1n) is 4.24. The highest BCUT2D eigenvalue weighted by molar-refractivity contribution is 5.75. The molecule has 0 radical (unpaired) electrons. The Kier molecular flexibility index (Phi) is 3.34. The zero-order valence-corrected chi connectivity index (χ0v) is 7.91. The van der Waals surface area contributed by atoms with Gasteiger partial charge in [-0.1, -0.05) is 30.3 Å². The van der Waals surface area contributed by atoms with Crippen LogP contribution >= 0.6 is 0 Å². The van der Waals surface area contributed by atoms with Crippen molar-refractivity contribution in [2.24, 2.45) is 0 Å². The number of benzene rings is 1. The van der Waals surface area contributed by atoms with Crippen molar-refractivity contribution in [3.63, 3.8) is 0 Å². The Morgan fingerprint density at radius 3 is 2.27 bits per heavy atom. The van der Waals surface area contributed by atoms with Gasteiger partial charge in [0.25, 0.3) is 0 Å². The summed E-state index contributed by atoms with van der Waals surface area (Å²) in [6, 6.07) is 8.23. The molecule has 1 aromatic carbocycles. The molecule has 0 spiro atoms. The van der Waals surface area contributed by atoms with Gasteiger partial charge in [-0.05, 0) is 12.5 Å². The molecule has 0 saturated heterocycles. The van der Waals surface area contributed by atoms with Crippen LogP contribution in [0.25, 0.3) is 0 Å². The average Bonchev–Trinajstić information content (AvgIpc) is 2.17. The molecule has 0 fully saturated rings. The van der Waals surface area contributed by atoms with E-state index < -0.39 is 18.2 Å². The number of esters is 1. The maximum atomic E-state index is 11.9. The molecule has 1 rings (SSSR count). The molecule has 0 bridgehead atoms. The molecule has 0 amide bonds. The molecular formula is C10H9F3O2. The highest BCUT2D eigenvalue weighted by atomic mass is 19.4. The molecule has 0 N–H and O–H groups in total. The summed E-state index contributed by atoms with van der Waals surface area (Å²) in [5, 5.41) is 0.